The maximum Gasteiger partial charge on any atom is 0.326 e. The number of thioether (sulfide) groups is 1. The van der Waals surface area contributed by atoms with Crippen molar-refractivity contribution in [2.45, 2.75) is 31.1 Å². The molecule has 2 amide bonds. The van der Waals surface area contributed by atoms with Crippen LogP contribution in [0.5, 0.6) is 0 Å². The molecule has 0 saturated heterocycles. The van der Waals surface area contributed by atoms with Gasteiger partial charge in [0.1, 0.15) is 15.9 Å². The molecule has 0 aliphatic heterocycles. The van der Waals surface area contributed by atoms with Crippen molar-refractivity contribution < 1.29 is 23.1 Å². The highest BCUT2D eigenvalue weighted by Crippen LogP contribution is 2.07. The molecule has 7 nitrogen and oxygen atoms in total. The van der Waals surface area contributed by atoms with Crippen molar-refractivity contribution >= 4 is 33.6 Å². The van der Waals surface area contributed by atoms with Crippen LogP contribution in [0.25, 0.3) is 0 Å². The molecule has 0 aliphatic carbocycles. The minimum Gasteiger partial charge on any atom is -0.480 e. The zero-order valence-corrected chi connectivity index (χ0v) is 13.5. The Bertz CT molecular complexity index is 425. The highest BCUT2D eigenvalue weighted by molar-refractivity contribution is 7.99. The second-order valence-corrected chi connectivity index (χ2v) is 8.08. The minimum absolute atomic E-state index is 0.150. The Morgan fingerprint density at radius 3 is 2.35 bits per heavy atom. The van der Waals surface area contributed by atoms with Gasteiger partial charge in [-0.1, -0.05) is 6.92 Å². The van der Waals surface area contributed by atoms with Gasteiger partial charge in [-0.05, 0) is 19.1 Å². The summed E-state index contributed by atoms with van der Waals surface area (Å²) in [5.74, 6) is -1.53. The third-order valence-corrected chi connectivity index (χ3v) is 4.64. The lowest BCUT2D eigenvalue weighted by Gasteiger charge is -2.15. The molecule has 118 valence electrons. The Hall–Kier alpha value is -0.960. The molecule has 0 rings (SSSR count). The molecule has 20 heavy (non-hydrogen) atoms. The van der Waals surface area contributed by atoms with Crippen molar-refractivity contribution in [2.75, 3.05) is 24.8 Å². The monoisotopic (exact) mass is 326 g/mol. The van der Waals surface area contributed by atoms with Gasteiger partial charge in [0.2, 0.25) is 0 Å². The van der Waals surface area contributed by atoms with Crippen LogP contribution in [0.4, 0.5) is 4.79 Å². The largest absolute Gasteiger partial charge is 0.480 e. The molecule has 9 heteroatoms. The number of sulfone groups is 1. The van der Waals surface area contributed by atoms with Crippen LogP contribution in [-0.4, -0.2) is 61.6 Å². The maximum atomic E-state index is 11.5. The fourth-order valence-electron chi connectivity index (χ4n) is 1.31. The van der Waals surface area contributed by atoms with Crippen molar-refractivity contribution in [3.63, 3.8) is 0 Å². The number of hydrogen-bond donors (Lipinski definition) is 3. The fourth-order valence-corrected chi connectivity index (χ4v) is 2.32. The number of carboxylic acid groups (broad SMARTS) is 1. The number of amides is 2. The van der Waals surface area contributed by atoms with Crippen molar-refractivity contribution in [3.8, 4) is 0 Å². The van der Waals surface area contributed by atoms with E-state index < -0.39 is 27.9 Å². The number of nitrogens with one attached hydrogen (secondary N) is 2. The standard InChI is InChI=1S/C11H22N2O5S2/c1-8(19-2)4-6-12-11(16)13-9(10(14)15)5-7-20(3,17)18/h8-9H,4-7H2,1-3H3,(H,14,15)(H2,12,13,16). The second kappa shape index (κ2) is 9.06. The van der Waals surface area contributed by atoms with Gasteiger partial charge in [0, 0.05) is 18.1 Å². The molecule has 0 saturated carbocycles. The summed E-state index contributed by atoms with van der Waals surface area (Å²) >= 11 is 1.67. The van der Waals surface area contributed by atoms with Crippen LogP contribution in [0, 0.1) is 0 Å². The number of hydrogen-bond acceptors (Lipinski definition) is 5. The summed E-state index contributed by atoms with van der Waals surface area (Å²) in [4.78, 5) is 22.4. The molecule has 0 spiro atoms. The summed E-state index contributed by atoms with van der Waals surface area (Å²) in [6, 6.07) is -1.80. The molecule has 0 bridgehead atoms. The molecule has 0 heterocycles. The molecule has 0 aromatic rings. The third kappa shape index (κ3) is 9.90. The van der Waals surface area contributed by atoms with Gasteiger partial charge in [0.15, 0.2) is 0 Å². The smallest absolute Gasteiger partial charge is 0.326 e. The van der Waals surface area contributed by atoms with E-state index in [0.29, 0.717) is 11.8 Å². The Labute approximate surface area is 123 Å². The SMILES string of the molecule is CSC(C)CCNC(=O)NC(CCS(C)(=O)=O)C(=O)O. The Morgan fingerprint density at radius 2 is 1.90 bits per heavy atom. The molecular weight excluding hydrogens is 304 g/mol. The third-order valence-electron chi connectivity index (χ3n) is 2.62. The van der Waals surface area contributed by atoms with Gasteiger partial charge in [0.05, 0.1) is 5.75 Å². The van der Waals surface area contributed by atoms with Crippen LogP contribution < -0.4 is 10.6 Å². The average Bonchev–Trinajstić information content (AvgIpc) is 2.32. The molecular formula is C11H22N2O5S2. The van der Waals surface area contributed by atoms with E-state index >= 15 is 0 Å². The van der Waals surface area contributed by atoms with Crippen LogP contribution in [0.3, 0.4) is 0 Å². The topological polar surface area (TPSA) is 113 Å². The molecule has 2 atom stereocenters. The number of carbonyl (C=O) groups is 2. The predicted molar refractivity (Wildman–Crippen MR) is 79.9 cm³/mol. The van der Waals surface area contributed by atoms with Crippen molar-refractivity contribution in [1.29, 1.82) is 0 Å². The quantitative estimate of drug-likeness (QED) is 0.562. The van der Waals surface area contributed by atoms with E-state index in [1.54, 1.807) is 11.8 Å². The second-order valence-electron chi connectivity index (χ2n) is 4.54. The summed E-state index contributed by atoms with van der Waals surface area (Å²) < 4.78 is 22.0. The summed E-state index contributed by atoms with van der Waals surface area (Å²) in [7, 11) is -3.26. The summed E-state index contributed by atoms with van der Waals surface area (Å²) in [5.41, 5.74) is 0. The zero-order chi connectivity index (χ0) is 15.8. The summed E-state index contributed by atoms with van der Waals surface area (Å²) in [5, 5.41) is 14.1. The molecule has 0 aromatic heterocycles. The van der Waals surface area contributed by atoms with Crippen molar-refractivity contribution in [1.82, 2.24) is 10.6 Å². The van der Waals surface area contributed by atoms with E-state index in [2.05, 4.69) is 10.6 Å². The summed E-state index contributed by atoms with van der Waals surface area (Å²) in [6.45, 7) is 2.46. The lowest BCUT2D eigenvalue weighted by molar-refractivity contribution is -0.139. The van der Waals surface area contributed by atoms with E-state index in [-0.39, 0.29) is 12.2 Å². The lowest BCUT2D eigenvalue weighted by Crippen LogP contribution is -2.47. The normalized spacial score (nSPS) is 14.3. The van der Waals surface area contributed by atoms with Crippen molar-refractivity contribution in [3.05, 3.63) is 0 Å². The van der Waals surface area contributed by atoms with Crippen LogP contribution >= 0.6 is 11.8 Å². The average molecular weight is 326 g/mol. The first-order chi connectivity index (χ1) is 9.15. The Balaban J connectivity index is 4.18. The number of aliphatic carboxylic acids is 1. The number of carboxylic acids is 1. The van der Waals surface area contributed by atoms with Crippen LogP contribution in [0.15, 0.2) is 0 Å². The van der Waals surface area contributed by atoms with Gasteiger partial charge in [-0.2, -0.15) is 11.8 Å². The predicted octanol–water partition coefficient (Wildman–Crippen LogP) is 0.315. The summed E-state index contributed by atoms with van der Waals surface area (Å²) in [6.07, 6.45) is 3.62. The Kier molecular flexibility index (Phi) is 8.63. The molecule has 2 unspecified atom stereocenters. The maximum absolute atomic E-state index is 11.5. The van der Waals surface area contributed by atoms with Gasteiger partial charge >= 0.3 is 12.0 Å². The Morgan fingerprint density at radius 1 is 1.30 bits per heavy atom. The van der Waals surface area contributed by atoms with Crippen molar-refractivity contribution in [2.24, 2.45) is 0 Å². The van der Waals surface area contributed by atoms with Crippen LogP contribution in [-0.2, 0) is 14.6 Å². The molecule has 3 N–H and O–H groups in total. The van der Waals surface area contributed by atoms with Crippen LogP contribution in [0.1, 0.15) is 19.8 Å². The van der Waals surface area contributed by atoms with E-state index in [9.17, 15) is 18.0 Å². The van der Waals surface area contributed by atoms with E-state index in [0.717, 1.165) is 12.7 Å². The number of urea groups is 1. The van der Waals surface area contributed by atoms with Gasteiger partial charge in [0.25, 0.3) is 0 Å². The van der Waals surface area contributed by atoms with Gasteiger partial charge in [-0.25, -0.2) is 18.0 Å². The molecule has 0 aliphatic rings. The molecule has 0 radical (unpaired) electrons. The highest BCUT2D eigenvalue weighted by Gasteiger charge is 2.21. The first-order valence-corrected chi connectivity index (χ1v) is 9.48. The fraction of sp³-hybridized carbons (Fsp3) is 0.818. The first kappa shape index (κ1) is 19.0. The van der Waals surface area contributed by atoms with Gasteiger partial charge < -0.3 is 15.7 Å². The number of carbonyl (C=O) groups excluding carboxylic acids is 1. The highest BCUT2D eigenvalue weighted by atomic mass is 32.2. The minimum atomic E-state index is -3.26. The van der Waals surface area contributed by atoms with E-state index in [4.69, 9.17) is 5.11 Å². The number of rotatable bonds is 9. The van der Waals surface area contributed by atoms with Gasteiger partial charge in [-0.3, -0.25) is 0 Å². The molecule has 0 aromatic carbocycles. The van der Waals surface area contributed by atoms with Gasteiger partial charge in [-0.15, -0.1) is 0 Å². The zero-order valence-electron chi connectivity index (χ0n) is 11.9. The van der Waals surface area contributed by atoms with Crippen LogP contribution in [0.2, 0.25) is 0 Å². The van der Waals surface area contributed by atoms with E-state index in [1.165, 1.54) is 0 Å². The lowest BCUT2D eigenvalue weighted by atomic mass is 10.2. The molecule has 0 fully saturated rings. The first-order valence-electron chi connectivity index (χ1n) is 6.13. The van der Waals surface area contributed by atoms with E-state index in [1.807, 2.05) is 13.2 Å².